The average molecular weight is 822 g/mol. The van der Waals surface area contributed by atoms with E-state index in [4.69, 9.17) is 19.4 Å². The van der Waals surface area contributed by atoms with Gasteiger partial charge in [-0.2, -0.15) is 0 Å². The molecule has 0 spiro atoms. The number of para-hydroxylation sites is 1. The van der Waals surface area contributed by atoms with E-state index in [-0.39, 0.29) is 0 Å². The van der Waals surface area contributed by atoms with Gasteiger partial charge in [0.05, 0.1) is 0 Å². The van der Waals surface area contributed by atoms with E-state index in [1.165, 1.54) is 47.6 Å². The normalized spacial score (nSPS) is 11.9. The van der Waals surface area contributed by atoms with Gasteiger partial charge in [0, 0.05) is 47.6 Å². The number of benzene rings is 10. The Balaban J connectivity index is 1.07. The Labute approximate surface area is 366 Å². The fourth-order valence-corrected chi connectivity index (χ4v) is 10.7. The van der Waals surface area contributed by atoms with Gasteiger partial charge in [0.1, 0.15) is 11.2 Å². The summed E-state index contributed by atoms with van der Waals surface area (Å²) < 4.78 is 8.91. The van der Waals surface area contributed by atoms with E-state index in [9.17, 15) is 0 Å². The van der Waals surface area contributed by atoms with Gasteiger partial charge in [0.25, 0.3) is 0 Å². The zero-order chi connectivity index (χ0) is 41.6. The lowest BCUT2D eigenvalue weighted by Gasteiger charge is -2.14. The van der Waals surface area contributed by atoms with Crippen LogP contribution in [0.5, 0.6) is 0 Å². The molecule has 0 aliphatic carbocycles. The highest BCUT2D eigenvalue weighted by Gasteiger charge is 2.21. The Morgan fingerprint density at radius 1 is 0.365 bits per heavy atom. The second-order valence-electron chi connectivity index (χ2n) is 16.4. The highest BCUT2D eigenvalue weighted by Crippen LogP contribution is 2.46. The van der Waals surface area contributed by atoms with Crippen molar-refractivity contribution in [3.05, 3.63) is 200 Å². The third-order valence-electron chi connectivity index (χ3n) is 12.6. The van der Waals surface area contributed by atoms with Crippen LogP contribution < -0.4 is 0 Å². The summed E-state index contributed by atoms with van der Waals surface area (Å²) in [5.74, 6) is 1.95. The monoisotopic (exact) mass is 821 g/mol. The molecule has 13 aromatic rings. The largest absolute Gasteiger partial charge is 0.456 e. The quantitative estimate of drug-likeness (QED) is 0.174. The van der Waals surface area contributed by atoms with E-state index in [0.717, 1.165) is 71.3 Å². The molecule has 0 unspecified atom stereocenters. The van der Waals surface area contributed by atoms with Crippen LogP contribution in [-0.4, -0.2) is 15.0 Å². The number of aryl methyl sites for hydroxylation is 1. The standard InChI is InChI=1S/C58H35N3OS/c1-34-27-41(47-30-40(39-26-25-35-13-5-6-17-38(35)28-39)29-42-32-52-49(33-48(42)47)44-20-9-10-23-51(44)62-52)31-50-54-46(22-12-24-53(54)63-55(34)50)58-60-56(37-15-3-2-4-16-37)59-57(61-58)45-21-11-18-36-14-7-8-19-43(36)45/h2-33H,1H3. The number of hydrogen-bond donors (Lipinski definition) is 0. The molecule has 0 radical (unpaired) electrons. The van der Waals surface area contributed by atoms with E-state index >= 15 is 0 Å². The van der Waals surface area contributed by atoms with Crippen molar-refractivity contribution in [3.63, 3.8) is 0 Å². The fourth-order valence-electron chi connectivity index (χ4n) is 9.55. The minimum Gasteiger partial charge on any atom is -0.456 e. The summed E-state index contributed by atoms with van der Waals surface area (Å²) >= 11 is 1.83. The molecular formula is C58H35N3OS. The zero-order valence-electron chi connectivity index (χ0n) is 34.1. The van der Waals surface area contributed by atoms with E-state index < -0.39 is 0 Å². The summed E-state index contributed by atoms with van der Waals surface area (Å²) in [6.45, 7) is 2.24. The minimum atomic E-state index is 0.645. The Bertz CT molecular complexity index is 3990. The molecule has 0 bridgehead atoms. The highest BCUT2D eigenvalue weighted by molar-refractivity contribution is 7.26. The van der Waals surface area contributed by atoms with Gasteiger partial charge in [-0.25, -0.2) is 15.0 Å². The third kappa shape index (κ3) is 5.85. The highest BCUT2D eigenvalue weighted by atomic mass is 32.1. The van der Waals surface area contributed by atoms with Crippen molar-refractivity contribution >= 4 is 85.8 Å². The van der Waals surface area contributed by atoms with Crippen LogP contribution in [0.4, 0.5) is 0 Å². The zero-order valence-corrected chi connectivity index (χ0v) is 34.9. The van der Waals surface area contributed by atoms with E-state index in [1.807, 2.05) is 35.6 Å². The molecule has 13 rings (SSSR count). The summed E-state index contributed by atoms with van der Waals surface area (Å²) in [5, 5.41) is 11.6. The molecule has 0 fully saturated rings. The first kappa shape index (κ1) is 35.7. The van der Waals surface area contributed by atoms with Crippen LogP contribution >= 0.6 is 11.3 Å². The molecule has 3 heterocycles. The van der Waals surface area contributed by atoms with Crippen LogP contribution in [0.3, 0.4) is 0 Å². The van der Waals surface area contributed by atoms with Gasteiger partial charge >= 0.3 is 0 Å². The topological polar surface area (TPSA) is 51.8 Å². The number of thiophene rings is 1. The predicted octanol–water partition coefficient (Wildman–Crippen LogP) is 16.2. The first-order valence-electron chi connectivity index (χ1n) is 21.2. The lowest BCUT2D eigenvalue weighted by molar-refractivity contribution is 0.669. The van der Waals surface area contributed by atoms with E-state index in [2.05, 4.69) is 177 Å². The summed E-state index contributed by atoms with van der Waals surface area (Å²) in [4.78, 5) is 15.7. The summed E-state index contributed by atoms with van der Waals surface area (Å²) in [6, 6.07) is 69.2. The van der Waals surface area contributed by atoms with Crippen LogP contribution in [0, 0.1) is 6.92 Å². The molecule has 63 heavy (non-hydrogen) atoms. The molecule has 10 aromatic carbocycles. The molecule has 0 N–H and O–H groups in total. The molecule has 294 valence electrons. The Morgan fingerprint density at radius 2 is 1.06 bits per heavy atom. The van der Waals surface area contributed by atoms with Gasteiger partial charge in [-0.1, -0.05) is 140 Å². The molecule has 0 amide bonds. The van der Waals surface area contributed by atoms with Gasteiger partial charge in [0.2, 0.25) is 0 Å². The minimum absolute atomic E-state index is 0.645. The number of furan rings is 1. The van der Waals surface area contributed by atoms with Gasteiger partial charge in [0.15, 0.2) is 17.5 Å². The van der Waals surface area contributed by atoms with Crippen molar-refractivity contribution in [3.8, 4) is 56.4 Å². The predicted molar refractivity (Wildman–Crippen MR) is 264 cm³/mol. The first-order chi connectivity index (χ1) is 31.1. The van der Waals surface area contributed by atoms with Gasteiger partial charge in [-0.3, -0.25) is 0 Å². The number of nitrogens with zero attached hydrogens (tertiary/aromatic N) is 3. The first-order valence-corrected chi connectivity index (χ1v) is 22.1. The van der Waals surface area contributed by atoms with E-state index in [0.29, 0.717) is 17.5 Å². The molecule has 5 heteroatoms. The van der Waals surface area contributed by atoms with Crippen molar-refractivity contribution < 1.29 is 4.42 Å². The second kappa shape index (κ2) is 14.0. The van der Waals surface area contributed by atoms with Gasteiger partial charge in [-0.05, 0) is 122 Å². The summed E-state index contributed by atoms with van der Waals surface area (Å²) in [5.41, 5.74) is 10.6. The molecule has 0 saturated carbocycles. The maximum atomic E-state index is 6.46. The summed E-state index contributed by atoms with van der Waals surface area (Å²) in [6.07, 6.45) is 0. The van der Waals surface area contributed by atoms with Crippen molar-refractivity contribution in [2.75, 3.05) is 0 Å². The van der Waals surface area contributed by atoms with Crippen LogP contribution in [0.15, 0.2) is 199 Å². The molecule has 3 aromatic heterocycles. The van der Waals surface area contributed by atoms with E-state index in [1.54, 1.807) is 0 Å². The molecule has 4 nitrogen and oxygen atoms in total. The smallest absolute Gasteiger partial charge is 0.164 e. The van der Waals surface area contributed by atoms with Crippen LogP contribution in [0.1, 0.15) is 5.56 Å². The molecular weight excluding hydrogens is 787 g/mol. The Hall–Kier alpha value is -7.99. The van der Waals surface area contributed by atoms with Crippen LogP contribution in [0.2, 0.25) is 0 Å². The number of rotatable bonds is 5. The average Bonchev–Trinajstić information content (AvgIpc) is 3.91. The molecule has 0 aliphatic rings. The number of fused-ring (bicyclic) bond motifs is 9. The maximum Gasteiger partial charge on any atom is 0.164 e. The fraction of sp³-hybridized carbons (Fsp3) is 0.0172. The lowest BCUT2D eigenvalue weighted by atomic mass is 9.90. The van der Waals surface area contributed by atoms with Crippen LogP contribution in [0.25, 0.3) is 131 Å². The SMILES string of the molecule is Cc1cc(-c2cc(-c3ccc4ccccc4c3)cc3cc4oc5ccccc5c4cc23)cc2c1sc1cccc(-c3nc(-c4ccccc4)nc(-c4cccc5ccccc45)n3)c12. The van der Waals surface area contributed by atoms with Gasteiger partial charge in [-0.15, -0.1) is 11.3 Å². The molecule has 0 aliphatic heterocycles. The lowest BCUT2D eigenvalue weighted by Crippen LogP contribution is -2.00. The van der Waals surface area contributed by atoms with Crippen molar-refractivity contribution in [2.45, 2.75) is 6.92 Å². The summed E-state index contributed by atoms with van der Waals surface area (Å²) in [7, 11) is 0. The van der Waals surface area contributed by atoms with Crippen LogP contribution in [-0.2, 0) is 0 Å². The number of hydrogen-bond acceptors (Lipinski definition) is 5. The Morgan fingerprint density at radius 3 is 1.95 bits per heavy atom. The molecule has 0 atom stereocenters. The third-order valence-corrected chi connectivity index (χ3v) is 13.9. The molecule has 0 saturated heterocycles. The number of aromatic nitrogens is 3. The second-order valence-corrected chi connectivity index (χ2v) is 17.5. The van der Waals surface area contributed by atoms with Crippen molar-refractivity contribution in [1.82, 2.24) is 15.0 Å². The maximum absolute atomic E-state index is 6.46. The van der Waals surface area contributed by atoms with Crippen molar-refractivity contribution in [1.29, 1.82) is 0 Å². The van der Waals surface area contributed by atoms with Gasteiger partial charge < -0.3 is 4.42 Å². The van der Waals surface area contributed by atoms with Crippen molar-refractivity contribution in [2.24, 2.45) is 0 Å². The Kier molecular flexibility index (Phi) is 7.96.